The van der Waals surface area contributed by atoms with Crippen LogP contribution in [0.2, 0.25) is 0 Å². The lowest BCUT2D eigenvalue weighted by Gasteiger charge is -2.32. The SMILES string of the molecule is CCC(OC(=O)c1c2c(nc3ccccc13)CCN(C(C)C)C2)C(=O)Nc1ccc(F)cc1. The predicted octanol–water partition coefficient (Wildman–Crippen LogP) is 4.71. The molecule has 2 heterocycles. The summed E-state index contributed by atoms with van der Waals surface area (Å²) >= 11 is 0. The zero-order chi connectivity index (χ0) is 23.5. The molecule has 1 N–H and O–H groups in total. The Morgan fingerprint density at radius 2 is 1.88 bits per heavy atom. The Labute approximate surface area is 192 Å². The lowest BCUT2D eigenvalue weighted by Crippen LogP contribution is -2.38. The minimum absolute atomic E-state index is 0.308. The number of anilines is 1. The number of nitrogens with one attached hydrogen (secondary N) is 1. The molecule has 6 nitrogen and oxygen atoms in total. The van der Waals surface area contributed by atoms with E-state index in [0.29, 0.717) is 30.3 Å². The summed E-state index contributed by atoms with van der Waals surface area (Å²) in [4.78, 5) is 33.4. The number of halogens is 1. The summed E-state index contributed by atoms with van der Waals surface area (Å²) in [6.45, 7) is 7.52. The maximum atomic E-state index is 13.5. The van der Waals surface area contributed by atoms with E-state index in [1.165, 1.54) is 24.3 Å². The number of pyridine rings is 1. The predicted molar refractivity (Wildman–Crippen MR) is 126 cm³/mol. The Kier molecular flexibility index (Phi) is 6.70. The fourth-order valence-corrected chi connectivity index (χ4v) is 4.15. The van der Waals surface area contributed by atoms with Gasteiger partial charge in [-0.15, -0.1) is 0 Å². The van der Waals surface area contributed by atoms with Crippen molar-refractivity contribution >= 4 is 28.5 Å². The molecule has 0 saturated heterocycles. The van der Waals surface area contributed by atoms with E-state index in [9.17, 15) is 14.0 Å². The zero-order valence-corrected chi connectivity index (χ0v) is 19.1. The van der Waals surface area contributed by atoms with Crippen LogP contribution >= 0.6 is 0 Å². The van der Waals surface area contributed by atoms with Crippen LogP contribution in [0.5, 0.6) is 0 Å². The molecule has 1 unspecified atom stereocenters. The molecule has 1 aliphatic rings. The second kappa shape index (κ2) is 9.67. The lowest BCUT2D eigenvalue weighted by molar-refractivity contribution is -0.124. The maximum Gasteiger partial charge on any atom is 0.340 e. The third-order valence-corrected chi connectivity index (χ3v) is 6.03. The van der Waals surface area contributed by atoms with E-state index in [1.807, 2.05) is 24.3 Å². The van der Waals surface area contributed by atoms with Crippen LogP contribution < -0.4 is 5.32 Å². The number of nitrogens with zero attached hydrogens (tertiary/aromatic N) is 2. The van der Waals surface area contributed by atoms with Gasteiger partial charge in [-0.25, -0.2) is 9.18 Å². The van der Waals surface area contributed by atoms with Crippen molar-refractivity contribution in [2.75, 3.05) is 11.9 Å². The molecule has 4 rings (SSSR count). The highest BCUT2D eigenvalue weighted by atomic mass is 19.1. The van der Waals surface area contributed by atoms with Crippen molar-refractivity contribution in [3.05, 3.63) is 71.2 Å². The molecule has 33 heavy (non-hydrogen) atoms. The topological polar surface area (TPSA) is 71.5 Å². The highest BCUT2D eigenvalue weighted by Crippen LogP contribution is 2.30. The van der Waals surface area contributed by atoms with Crippen molar-refractivity contribution in [3.63, 3.8) is 0 Å². The molecule has 7 heteroatoms. The Balaban J connectivity index is 1.64. The van der Waals surface area contributed by atoms with E-state index in [-0.39, 0.29) is 0 Å². The molecule has 3 aromatic rings. The van der Waals surface area contributed by atoms with Crippen LogP contribution in [0.25, 0.3) is 10.9 Å². The highest BCUT2D eigenvalue weighted by Gasteiger charge is 2.30. The number of hydrogen-bond acceptors (Lipinski definition) is 5. The number of amides is 1. The van der Waals surface area contributed by atoms with E-state index in [1.54, 1.807) is 6.92 Å². The van der Waals surface area contributed by atoms with Crippen molar-refractivity contribution in [1.29, 1.82) is 0 Å². The first-order chi connectivity index (χ1) is 15.9. The number of para-hydroxylation sites is 1. The average molecular weight is 450 g/mol. The maximum absolute atomic E-state index is 13.5. The quantitative estimate of drug-likeness (QED) is 0.552. The second-order valence-corrected chi connectivity index (χ2v) is 8.54. The molecule has 1 aromatic heterocycles. The van der Waals surface area contributed by atoms with Crippen molar-refractivity contribution in [2.24, 2.45) is 0 Å². The van der Waals surface area contributed by atoms with E-state index >= 15 is 0 Å². The Morgan fingerprint density at radius 3 is 2.58 bits per heavy atom. The van der Waals surface area contributed by atoms with E-state index in [0.717, 1.165) is 35.1 Å². The van der Waals surface area contributed by atoms with Crippen molar-refractivity contribution in [3.8, 4) is 0 Å². The lowest BCUT2D eigenvalue weighted by atomic mass is 9.95. The smallest absolute Gasteiger partial charge is 0.340 e. The van der Waals surface area contributed by atoms with Crippen LogP contribution in [-0.4, -0.2) is 40.5 Å². The summed E-state index contributed by atoms with van der Waals surface area (Å²) in [6, 6.07) is 13.3. The number of aromatic nitrogens is 1. The fourth-order valence-electron chi connectivity index (χ4n) is 4.15. The molecule has 0 saturated carbocycles. The minimum atomic E-state index is -0.977. The molecular weight excluding hydrogens is 421 g/mol. The molecule has 2 aromatic carbocycles. The molecule has 1 atom stereocenters. The molecular formula is C26H28FN3O3. The first kappa shape index (κ1) is 22.9. The van der Waals surface area contributed by atoms with Crippen LogP contribution in [0.3, 0.4) is 0 Å². The Morgan fingerprint density at radius 1 is 1.15 bits per heavy atom. The molecule has 1 amide bonds. The number of rotatable bonds is 6. The monoisotopic (exact) mass is 449 g/mol. The van der Waals surface area contributed by atoms with Gasteiger partial charge in [0.1, 0.15) is 5.82 Å². The number of esters is 1. The summed E-state index contributed by atoms with van der Waals surface area (Å²) in [7, 11) is 0. The van der Waals surface area contributed by atoms with Gasteiger partial charge in [-0.1, -0.05) is 25.1 Å². The average Bonchev–Trinajstić information content (AvgIpc) is 2.81. The summed E-state index contributed by atoms with van der Waals surface area (Å²) in [5.41, 5.74) is 3.43. The van der Waals surface area contributed by atoms with Gasteiger partial charge in [0.25, 0.3) is 5.91 Å². The van der Waals surface area contributed by atoms with Gasteiger partial charge in [0, 0.05) is 47.9 Å². The number of ether oxygens (including phenoxy) is 1. The number of hydrogen-bond donors (Lipinski definition) is 1. The Bertz CT molecular complexity index is 1180. The first-order valence-electron chi connectivity index (χ1n) is 11.3. The highest BCUT2D eigenvalue weighted by molar-refractivity contribution is 6.06. The van der Waals surface area contributed by atoms with Gasteiger partial charge in [-0.2, -0.15) is 0 Å². The van der Waals surface area contributed by atoms with Crippen LogP contribution in [0.4, 0.5) is 10.1 Å². The van der Waals surface area contributed by atoms with E-state index in [4.69, 9.17) is 9.72 Å². The fraction of sp³-hybridized carbons (Fsp3) is 0.346. The van der Waals surface area contributed by atoms with Gasteiger partial charge in [0.05, 0.1) is 11.1 Å². The first-order valence-corrected chi connectivity index (χ1v) is 11.3. The summed E-state index contributed by atoms with van der Waals surface area (Å²) in [5, 5.41) is 3.42. The van der Waals surface area contributed by atoms with E-state index < -0.39 is 23.8 Å². The van der Waals surface area contributed by atoms with Crippen LogP contribution in [0.15, 0.2) is 48.5 Å². The summed E-state index contributed by atoms with van der Waals surface area (Å²) in [5.74, 6) is -1.37. The third-order valence-electron chi connectivity index (χ3n) is 6.03. The van der Waals surface area contributed by atoms with Gasteiger partial charge >= 0.3 is 5.97 Å². The van der Waals surface area contributed by atoms with Gasteiger partial charge in [-0.05, 0) is 50.6 Å². The van der Waals surface area contributed by atoms with Crippen LogP contribution in [0.1, 0.15) is 48.8 Å². The van der Waals surface area contributed by atoms with Crippen molar-refractivity contribution in [1.82, 2.24) is 9.88 Å². The molecule has 0 fully saturated rings. The number of fused-ring (bicyclic) bond motifs is 2. The molecule has 0 bridgehead atoms. The second-order valence-electron chi connectivity index (χ2n) is 8.54. The van der Waals surface area contributed by atoms with Gasteiger partial charge in [0.15, 0.2) is 6.10 Å². The van der Waals surface area contributed by atoms with Gasteiger partial charge < -0.3 is 10.1 Å². The minimum Gasteiger partial charge on any atom is -0.449 e. The molecule has 0 spiro atoms. The van der Waals surface area contributed by atoms with Crippen LogP contribution in [0, 0.1) is 5.82 Å². The Hall–Kier alpha value is -3.32. The molecule has 0 aliphatic carbocycles. The largest absolute Gasteiger partial charge is 0.449 e. The molecule has 0 radical (unpaired) electrons. The third kappa shape index (κ3) is 4.88. The summed E-state index contributed by atoms with van der Waals surface area (Å²) in [6.07, 6.45) is 0.0816. The number of carbonyl (C=O) groups is 2. The van der Waals surface area contributed by atoms with E-state index in [2.05, 4.69) is 24.1 Å². The normalized spacial score (nSPS) is 14.7. The van der Waals surface area contributed by atoms with Crippen LogP contribution in [-0.2, 0) is 22.5 Å². The standard InChI is InChI=1S/C26H28FN3O3/c1-4-23(25(31)28-18-11-9-17(27)10-12-18)33-26(32)24-19-7-5-6-8-21(19)29-22-13-14-30(16(2)3)15-20(22)24/h5-12,16,23H,4,13-15H2,1-3H3,(H,28,31). The molecule has 1 aliphatic heterocycles. The van der Waals surface area contributed by atoms with Gasteiger partial charge in [-0.3, -0.25) is 14.7 Å². The van der Waals surface area contributed by atoms with Gasteiger partial charge in [0.2, 0.25) is 0 Å². The zero-order valence-electron chi connectivity index (χ0n) is 19.1. The number of carbonyl (C=O) groups excluding carboxylic acids is 2. The number of benzene rings is 2. The molecule has 172 valence electrons. The van der Waals surface area contributed by atoms with Crippen molar-refractivity contribution < 1.29 is 18.7 Å². The summed E-state index contributed by atoms with van der Waals surface area (Å²) < 4.78 is 18.9. The van der Waals surface area contributed by atoms with Crippen molar-refractivity contribution in [2.45, 2.75) is 52.3 Å².